The van der Waals surface area contributed by atoms with E-state index < -0.39 is 0 Å². The number of thiol groups is 1. The van der Waals surface area contributed by atoms with Gasteiger partial charge in [-0.05, 0) is 12.8 Å². The van der Waals surface area contributed by atoms with Gasteiger partial charge in [0.05, 0.1) is 0 Å². The van der Waals surface area contributed by atoms with Crippen molar-refractivity contribution >= 4 is 17.7 Å². The Morgan fingerprint density at radius 3 is 1.15 bits per heavy atom. The molecule has 0 N–H and O–H groups in total. The van der Waals surface area contributed by atoms with Crippen molar-refractivity contribution < 1.29 is 4.79 Å². The van der Waals surface area contributed by atoms with Crippen LogP contribution in [0.3, 0.4) is 0 Å². The third-order valence-corrected chi connectivity index (χ3v) is 6.26. The number of hydrogen-bond acceptors (Lipinski definition) is 1. The number of hydrogen-bond donors (Lipinski definition) is 1. The molecule has 0 fully saturated rings. The van der Waals surface area contributed by atoms with E-state index in [2.05, 4.69) is 26.5 Å². The third kappa shape index (κ3) is 20.6. The molecule has 0 aliphatic carbocycles. The lowest BCUT2D eigenvalue weighted by molar-refractivity contribution is -0.114. The van der Waals surface area contributed by atoms with Crippen LogP contribution in [-0.4, -0.2) is 5.12 Å². The molecular formula is C25H50OS. The standard InChI is InChI=1S/C25H50OS/c1-3-5-6-7-8-9-10-11-12-13-14-15-16-17-18-19-20-21-23-24(22-4-2)25(26)27/h24H,3-23H2,1-2H3,(H,26,27). The normalized spacial score (nSPS) is 12.4. The first-order valence-corrected chi connectivity index (χ1v) is 12.9. The molecule has 1 nitrogen and oxygen atoms in total. The lowest BCUT2D eigenvalue weighted by atomic mass is 9.97. The lowest BCUT2D eigenvalue weighted by Gasteiger charge is -2.11. The van der Waals surface area contributed by atoms with Crippen LogP contribution >= 0.6 is 12.6 Å². The summed E-state index contributed by atoms with van der Waals surface area (Å²) in [5.41, 5.74) is 0. The Balaban J connectivity index is 3.15. The van der Waals surface area contributed by atoms with Gasteiger partial charge in [0.15, 0.2) is 5.12 Å². The summed E-state index contributed by atoms with van der Waals surface area (Å²) in [6.07, 6.45) is 28.5. The molecule has 162 valence electrons. The van der Waals surface area contributed by atoms with E-state index in [1.165, 1.54) is 116 Å². The van der Waals surface area contributed by atoms with Gasteiger partial charge in [0.2, 0.25) is 0 Å². The minimum Gasteiger partial charge on any atom is -0.287 e. The second kappa shape index (κ2) is 22.3. The molecule has 0 spiro atoms. The Morgan fingerprint density at radius 2 is 0.852 bits per heavy atom. The van der Waals surface area contributed by atoms with Gasteiger partial charge in [0, 0.05) is 5.92 Å². The topological polar surface area (TPSA) is 17.1 Å². The van der Waals surface area contributed by atoms with Gasteiger partial charge in [-0.2, -0.15) is 0 Å². The van der Waals surface area contributed by atoms with Crippen LogP contribution in [-0.2, 0) is 4.79 Å². The van der Waals surface area contributed by atoms with Gasteiger partial charge in [0.25, 0.3) is 0 Å². The Kier molecular flexibility index (Phi) is 22.3. The van der Waals surface area contributed by atoms with E-state index in [9.17, 15) is 4.79 Å². The van der Waals surface area contributed by atoms with Gasteiger partial charge in [-0.3, -0.25) is 4.79 Å². The molecular weight excluding hydrogens is 348 g/mol. The van der Waals surface area contributed by atoms with Crippen molar-refractivity contribution in [2.45, 2.75) is 149 Å². The van der Waals surface area contributed by atoms with Gasteiger partial charge < -0.3 is 0 Å². The van der Waals surface area contributed by atoms with Gasteiger partial charge in [-0.1, -0.05) is 136 Å². The van der Waals surface area contributed by atoms with Crippen LogP contribution in [0, 0.1) is 5.92 Å². The van der Waals surface area contributed by atoms with Crippen molar-refractivity contribution in [1.29, 1.82) is 0 Å². The molecule has 0 aromatic carbocycles. The van der Waals surface area contributed by atoms with Crippen molar-refractivity contribution in [3.8, 4) is 0 Å². The molecule has 0 saturated heterocycles. The zero-order valence-corrected chi connectivity index (χ0v) is 19.7. The predicted octanol–water partition coefficient (Wildman–Crippen LogP) is 9.29. The predicted molar refractivity (Wildman–Crippen MR) is 126 cm³/mol. The maximum Gasteiger partial charge on any atom is 0.188 e. The Morgan fingerprint density at radius 1 is 0.519 bits per heavy atom. The highest BCUT2D eigenvalue weighted by Gasteiger charge is 2.12. The molecule has 0 aliphatic rings. The van der Waals surface area contributed by atoms with Crippen molar-refractivity contribution in [2.24, 2.45) is 5.92 Å². The van der Waals surface area contributed by atoms with Crippen molar-refractivity contribution in [3.05, 3.63) is 0 Å². The molecule has 0 aromatic rings. The fraction of sp³-hybridized carbons (Fsp3) is 0.960. The average Bonchev–Trinajstić information content (AvgIpc) is 2.66. The van der Waals surface area contributed by atoms with E-state index in [1.807, 2.05) is 0 Å². The van der Waals surface area contributed by atoms with E-state index in [4.69, 9.17) is 0 Å². The summed E-state index contributed by atoms with van der Waals surface area (Å²) >= 11 is 4.03. The summed E-state index contributed by atoms with van der Waals surface area (Å²) in [6.45, 7) is 4.44. The van der Waals surface area contributed by atoms with E-state index in [-0.39, 0.29) is 11.0 Å². The van der Waals surface area contributed by atoms with Gasteiger partial charge in [-0.15, -0.1) is 12.6 Å². The molecule has 0 saturated carbocycles. The second-order valence-electron chi connectivity index (χ2n) is 8.62. The molecule has 0 heterocycles. The first-order valence-electron chi connectivity index (χ1n) is 12.4. The average molecular weight is 399 g/mol. The molecule has 0 amide bonds. The summed E-state index contributed by atoms with van der Waals surface area (Å²) < 4.78 is 0. The SMILES string of the molecule is CCCCCCCCCCCCCCCCCCCCC(CCC)C(=O)S. The van der Waals surface area contributed by atoms with Crippen LogP contribution in [0.2, 0.25) is 0 Å². The summed E-state index contributed by atoms with van der Waals surface area (Å²) in [7, 11) is 0. The van der Waals surface area contributed by atoms with Crippen LogP contribution in [0.4, 0.5) is 0 Å². The van der Waals surface area contributed by atoms with E-state index in [1.54, 1.807) is 0 Å². The summed E-state index contributed by atoms with van der Waals surface area (Å²) in [4.78, 5) is 11.4. The minimum absolute atomic E-state index is 0.101. The minimum atomic E-state index is 0.101. The van der Waals surface area contributed by atoms with E-state index in [0.29, 0.717) is 0 Å². The number of unbranched alkanes of at least 4 members (excludes halogenated alkanes) is 17. The summed E-state index contributed by atoms with van der Waals surface area (Å²) in [6, 6.07) is 0. The molecule has 0 rings (SSSR count). The van der Waals surface area contributed by atoms with Crippen LogP contribution in [0.15, 0.2) is 0 Å². The van der Waals surface area contributed by atoms with Crippen molar-refractivity contribution in [1.82, 2.24) is 0 Å². The molecule has 0 bridgehead atoms. The zero-order valence-electron chi connectivity index (χ0n) is 18.8. The zero-order chi connectivity index (χ0) is 20.0. The quantitative estimate of drug-likeness (QED) is 0.142. The van der Waals surface area contributed by atoms with Crippen LogP contribution in [0.5, 0.6) is 0 Å². The second-order valence-corrected chi connectivity index (χ2v) is 9.06. The van der Waals surface area contributed by atoms with Crippen molar-refractivity contribution in [2.75, 3.05) is 0 Å². The summed E-state index contributed by atoms with van der Waals surface area (Å²) in [5, 5.41) is 0.101. The first kappa shape index (κ1) is 27.0. The lowest BCUT2D eigenvalue weighted by Crippen LogP contribution is -2.08. The highest BCUT2D eigenvalue weighted by atomic mass is 32.1. The van der Waals surface area contributed by atoms with Gasteiger partial charge in [-0.25, -0.2) is 0 Å². The van der Waals surface area contributed by atoms with Gasteiger partial charge >= 0.3 is 0 Å². The monoisotopic (exact) mass is 398 g/mol. The fourth-order valence-electron chi connectivity index (χ4n) is 4.03. The van der Waals surface area contributed by atoms with E-state index >= 15 is 0 Å². The maximum absolute atomic E-state index is 11.4. The Hall–Kier alpha value is 0.0200. The van der Waals surface area contributed by atoms with Crippen LogP contribution in [0.1, 0.15) is 149 Å². The molecule has 1 unspecified atom stereocenters. The Labute approximate surface area is 177 Å². The van der Waals surface area contributed by atoms with Gasteiger partial charge in [0.1, 0.15) is 0 Å². The molecule has 27 heavy (non-hydrogen) atoms. The third-order valence-electron chi connectivity index (χ3n) is 5.89. The first-order chi connectivity index (χ1) is 13.2. The number of rotatable bonds is 22. The molecule has 0 aromatic heterocycles. The molecule has 0 aliphatic heterocycles. The highest BCUT2D eigenvalue weighted by Crippen LogP contribution is 2.19. The van der Waals surface area contributed by atoms with Crippen LogP contribution < -0.4 is 0 Å². The maximum atomic E-state index is 11.4. The summed E-state index contributed by atoms with van der Waals surface area (Å²) in [5.74, 6) is 0.208. The largest absolute Gasteiger partial charge is 0.287 e. The van der Waals surface area contributed by atoms with Crippen LogP contribution in [0.25, 0.3) is 0 Å². The fourth-order valence-corrected chi connectivity index (χ4v) is 4.29. The number of carbonyl (C=O) groups is 1. The number of carbonyl (C=O) groups excluding carboxylic acids is 1. The molecule has 0 radical (unpaired) electrons. The van der Waals surface area contributed by atoms with E-state index in [0.717, 1.165) is 19.3 Å². The molecule has 2 heteroatoms. The molecule has 1 atom stereocenters. The smallest absolute Gasteiger partial charge is 0.188 e. The van der Waals surface area contributed by atoms with Crippen molar-refractivity contribution in [3.63, 3.8) is 0 Å². The Bertz CT molecular complexity index is 303. The highest BCUT2D eigenvalue weighted by molar-refractivity contribution is 7.96.